The molecule has 0 aliphatic heterocycles. The van der Waals surface area contributed by atoms with Crippen LogP contribution in [0.5, 0.6) is 0 Å². The molecule has 4 heteroatoms. The largest absolute Gasteiger partial charge is 0.309 e. The molecule has 4 nitrogen and oxygen atoms in total. The number of pyridine rings is 1. The molecule has 6 aromatic carbocycles. The maximum absolute atomic E-state index is 5.08. The van der Waals surface area contributed by atoms with Crippen molar-refractivity contribution < 1.29 is 0 Å². The lowest BCUT2D eigenvalue weighted by Gasteiger charge is -2.27. The first kappa shape index (κ1) is 26.5. The van der Waals surface area contributed by atoms with Crippen molar-refractivity contribution >= 4 is 56.1 Å². The summed E-state index contributed by atoms with van der Waals surface area (Å²) in [6.07, 6.45) is 1.96. The monoisotopic (exact) mass is 578 g/mol. The summed E-state index contributed by atoms with van der Waals surface area (Å²) in [5.74, 6) is 0.845. The number of benzene rings is 6. The highest BCUT2D eigenvalue weighted by molar-refractivity contribution is 6.10. The van der Waals surface area contributed by atoms with Crippen LogP contribution in [0.4, 0.5) is 34.3 Å². The minimum atomic E-state index is 0.845. The standard InChI is InChI=1S/C41H30N4/c1-5-15-31(16-6-1)43(32-17-7-2-8-18-32)36-26-28-41(42-30-36)44(33-19-9-3-10-20-33)35-25-27-40-38(29-35)37-23-13-14-24-39(37)45(40)34-21-11-4-12-22-34/h1-30H. The van der Waals surface area contributed by atoms with Crippen LogP contribution < -0.4 is 9.80 Å². The van der Waals surface area contributed by atoms with Gasteiger partial charge in [0.15, 0.2) is 0 Å². The van der Waals surface area contributed by atoms with E-state index in [0.717, 1.165) is 39.9 Å². The molecule has 0 aliphatic rings. The average Bonchev–Trinajstić information content (AvgIpc) is 3.45. The Kier molecular flexibility index (Phi) is 6.78. The van der Waals surface area contributed by atoms with E-state index in [4.69, 9.17) is 4.98 Å². The molecule has 0 saturated heterocycles. The average molecular weight is 579 g/mol. The molecule has 0 saturated carbocycles. The minimum Gasteiger partial charge on any atom is -0.309 e. The molecule has 0 unspecified atom stereocenters. The number of nitrogens with zero attached hydrogens (tertiary/aromatic N) is 4. The van der Waals surface area contributed by atoms with E-state index in [1.165, 1.54) is 21.8 Å². The Morgan fingerprint density at radius 2 is 0.889 bits per heavy atom. The third kappa shape index (κ3) is 4.89. The topological polar surface area (TPSA) is 24.3 Å². The van der Waals surface area contributed by atoms with Crippen molar-refractivity contribution in [2.75, 3.05) is 9.80 Å². The zero-order valence-corrected chi connectivity index (χ0v) is 24.6. The van der Waals surface area contributed by atoms with Crippen LogP contribution in [0.15, 0.2) is 182 Å². The van der Waals surface area contributed by atoms with Crippen molar-refractivity contribution in [2.45, 2.75) is 0 Å². The zero-order chi connectivity index (χ0) is 30.0. The predicted molar refractivity (Wildman–Crippen MR) is 188 cm³/mol. The zero-order valence-electron chi connectivity index (χ0n) is 24.6. The summed E-state index contributed by atoms with van der Waals surface area (Å²) in [5, 5.41) is 2.42. The first-order valence-electron chi connectivity index (χ1n) is 15.2. The Morgan fingerprint density at radius 3 is 1.49 bits per heavy atom. The third-order valence-corrected chi connectivity index (χ3v) is 8.19. The van der Waals surface area contributed by atoms with E-state index >= 15 is 0 Å². The number of para-hydroxylation sites is 5. The lowest BCUT2D eigenvalue weighted by atomic mass is 10.1. The van der Waals surface area contributed by atoms with Gasteiger partial charge in [-0.25, -0.2) is 4.98 Å². The Balaban J connectivity index is 1.26. The SMILES string of the molecule is c1ccc(N(c2ccccc2)c2ccc(N(c3ccccc3)c3ccc4c(c3)c3ccccc3n4-c3ccccc3)nc2)cc1. The second kappa shape index (κ2) is 11.5. The van der Waals surface area contributed by atoms with Gasteiger partial charge in [-0.3, -0.25) is 4.90 Å². The summed E-state index contributed by atoms with van der Waals surface area (Å²) in [7, 11) is 0. The van der Waals surface area contributed by atoms with Crippen molar-refractivity contribution in [3.8, 4) is 5.69 Å². The van der Waals surface area contributed by atoms with Crippen molar-refractivity contribution in [3.05, 3.63) is 182 Å². The van der Waals surface area contributed by atoms with E-state index in [0.29, 0.717) is 0 Å². The Morgan fingerprint density at radius 1 is 0.378 bits per heavy atom. The van der Waals surface area contributed by atoms with Gasteiger partial charge in [0.25, 0.3) is 0 Å². The fourth-order valence-electron chi connectivity index (χ4n) is 6.19. The number of hydrogen-bond acceptors (Lipinski definition) is 3. The van der Waals surface area contributed by atoms with Crippen molar-refractivity contribution in [2.24, 2.45) is 0 Å². The molecule has 0 amide bonds. The Bertz CT molecular complexity index is 2150. The third-order valence-electron chi connectivity index (χ3n) is 8.19. The van der Waals surface area contributed by atoms with Gasteiger partial charge < -0.3 is 9.47 Å². The van der Waals surface area contributed by atoms with Gasteiger partial charge in [-0.05, 0) is 84.9 Å². The molecule has 214 valence electrons. The van der Waals surface area contributed by atoms with E-state index in [-0.39, 0.29) is 0 Å². The van der Waals surface area contributed by atoms with Crippen LogP contribution in [0.25, 0.3) is 27.5 Å². The summed E-state index contributed by atoms with van der Waals surface area (Å²) in [5.41, 5.74) is 8.76. The second-order valence-corrected chi connectivity index (χ2v) is 10.9. The first-order valence-corrected chi connectivity index (χ1v) is 15.2. The fourth-order valence-corrected chi connectivity index (χ4v) is 6.19. The Hall–Kier alpha value is -6.13. The van der Waals surface area contributed by atoms with E-state index in [1.54, 1.807) is 0 Å². The van der Waals surface area contributed by atoms with Crippen LogP contribution in [-0.2, 0) is 0 Å². The van der Waals surface area contributed by atoms with Crippen LogP contribution in [0, 0.1) is 0 Å². The summed E-state index contributed by atoms with van der Waals surface area (Å²) in [6.45, 7) is 0. The Labute approximate surface area is 262 Å². The summed E-state index contributed by atoms with van der Waals surface area (Å²) in [6, 6.07) is 61.5. The van der Waals surface area contributed by atoms with Gasteiger partial charge in [0, 0.05) is 39.2 Å². The molecule has 0 radical (unpaired) electrons. The normalized spacial score (nSPS) is 11.1. The molecular formula is C41H30N4. The number of rotatable bonds is 7. The summed E-state index contributed by atoms with van der Waals surface area (Å²) in [4.78, 5) is 9.54. The van der Waals surface area contributed by atoms with E-state index in [9.17, 15) is 0 Å². The smallest absolute Gasteiger partial charge is 0.137 e. The molecule has 2 aromatic heterocycles. The minimum absolute atomic E-state index is 0.845. The quantitative estimate of drug-likeness (QED) is 0.188. The molecule has 0 fully saturated rings. The van der Waals surface area contributed by atoms with Crippen molar-refractivity contribution in [1.29, 1.82) is 0 Å². The first-order chi connectivity index (χ1) is 22.3. The summed E-state index contributed by atoms with van der Waals surface area (Å²) >= 11 is 0. The van der Waals surface area contributed by atoms with Crippen molar-refractivity contribution in [3.63, 3.8) is 0 Å². The molecule has 8 aromatic rings. The molecule has 2 heterocycles. The van der Waals surface area contributed by atoms with Gasteiger partial charge >= 0.3 is 0 Å². The van der Waals surface area contributed by atoms with Gasteiger partial charge in [-0.2, -0.15) is 0 Å². The van der Waals surface area contributed by atoms with Gasteiger partial charge in [-0.15, -0.1) is 0 Å². The van der Waals surface area contributed by atoms with Gasteiger partial charge in [0.05, 0.1) is 22.9 Å². The van der Waals surface area contributed by atoms with Crippen LogP contribution in [0.3, 0.4) is 0 Å². The van der Waals surface area contributed by atoms with Crippen LogP contribution in [-0.4, -0.2) is 9.55 Å². The molecule has 0 N–H and O–H groups in total. The maximum atomic E-state index is 5.08. The highest BCUT2D eigenvalue weighted by Gasteiger charge is 2.19. The number of hydrogen-bond donors (Lipinski definition) is 0. The van der Waals surface area contributed by atoms with E-state index in [1.807, 2.05) is 24.4 Å². The lowest BCUT2D eigenvalue weighted by Crippen LogP contribution is -2.13. The van der Waals surface area contributed by atoms with Crippen LogP contribution in [0.2, 0.25) is 0 Å². The van der Waals surface area contributed by atoms with E-state index < -0.39 is 0 Å². The summed E-state index contributed by atoms with van der Waals surface area (Å²) < 4.78 is 2.34. The van der Waals surface area contributed by atoms with Crippen LogP contribution in [0.1, 0.15) is 0 Å². The number of aromatic nitrogens is 2. The molecule has 0 aliphatic carbocycles. The highest BCUT2D eigenvalue weighted by atomic mass is 15.2. The van der Waals surface area contributed by atoms with Crippen molar-refractivity contribution in [1.82, 2.24) is 9.55 Å². The maximum Gasteiger partial charge on any atom is 0.137 e. The van der Waals surface area contributed by atoms with Gasteiger partial charge in [0.2, 0.25) is 0 Å². The molecule has 8 rings (SSSR count). The molecule has 0 bridgehead atoms. The molecule has 0 spiro atoms. The van der Waals surface area contributed by atoms with Gasteiger partial charge in [-0.1, -0.05) is 91.0 Å². The molecule has 45 heavy (non-hydrogen) atoms. The molecule has 0 atom stereocenters. The highest BCUT2D eigenvalue weighted by Crippen LogP contribution is 2.40. The predicted octanol–water partition coefficient (Wildman–Crippen LogP) is 11.1. The number of anilines is 6. The number of fused-ring (bicyclic) bond motifs is 3. The van der Waals surface area contributed by atoms with Gasteiger partial charge in [0.1, 0.15) is 5.82 Å². The molecular weight excluding hydrogens is 548 g/mol. The lowest BCUT2D eigenvalue weighted by molar-refractivity contribution is 1.16. The second-order valence-electron chi connectivity index (χ2n) is 10.9. The van der Waals surface area contributed by atoms with Crippen LogP contribution >= 0.6 is 0 Å². The fraction of sp³-hybridized carbons (Fsp3) is 0. The van der Waals surface area contributed by atoms with E-state index in [2.05, 4.69) is 172 Å².